The molecule has 0 aliphatic carbocycles. The molecule has 35 heavy (non-hydrogen) atoms. The summed E-state index contributed by atoms with van der Waals surface area (Å²) in [5.41, 5.74) is 24.5. The lowest BCUT2D eigenvalue weighted by Gasteiger charge is -2.05. The highest BCUT2D eigenvalue weighted by Crippen LogP contribution is 2.12. The van der Waals surface area contributed by atoms with Gasteiger partial charge in [-0.25, -0.2) is 0 Å². The lowest BCUT2D eigenvalue weighted by molar-refractivity contribution is 0.653. The van der Waals surface area contributed by atoms with Crippen molar-refractivity contribution in [3.63, 3.8) is 0 Å². The molecule has 0 atom stereocenters. The van der Waals surface area contributed by atoms with Crippen LogP contribution in [0.15, 0.2) is 79.8 Å². The summed E-state index contributed by atoms with van der Waals surface area (Å²) < 4.78 is 0. The molecule has 1 aromatic rings. The highest BCUT2D eigenvalue weighted by atomic mass is 35.5. The smallest absolute Gasteiger partial charge is 0.218 e. The van der Waals surface area contributed by atoms with E-state index in [1.807, 2.05) is 6.92 Å². The predicted octanol–water partition coefficient (Wildman–Crippen LogP) is 3.37. The van der Waals surface area contributed by atoms with Gasteiger partial charge in [-0.2, -0.15) is 9.98 Å². The van der Waals surface area contributed by atoms with Crippen molar-refractivity contribution in [3.05, 3.63) is 64.8 Å². The number of aliphatic imine (C=N–C) groups is 4. The standard InChI is InChI=1S/C23H34Cl2N10/c1-3-17(24)9-8-16(2)32-22(28)34-20(26)30-14-6-4-5-7-15-31-21(27)35-23(29)33-19-12-10-18(25)11-13-19/h3,8-13H,2,4-7,14-15H2,1H3,(H5,26,28,30,32,34)(H5,27,29,31,33,35)/b9-8-,17-3+. The topological polar surface area (TPSA) is 178 Å². The minimum atomic E-state index is 0.0956. The number of guanidine groups is 4. The molecule has 0 radical (unpaired) electrons. The van der Waals surface area contributed by atoms with E-state index in [1.54, 1.807) is 42.5 Å². The number of halogens is 2. The van der Waals surface area contributed by atoms with Gasteiger partial charge in [0.2, 0.25) is 23.8 Å². The summed E-state index contributed by atoms with van der Waals surface area (Å²) in [4.78, 5) is 16.4. The Morgan fingerprint density at radius 1 is 0.886 bits per heavy atom. The van der Waals surface area contributed by atoms with Crippen LogP contribution in [0.4, 0.5) is 5.69 Å². The van der Waals surface area contributed by atoms with Crippen molar-refractivity contribution in [2.24, 2.45) is 42.9 Å². The summed E-state index contributed by atoms with van der Waals surface area (Å²) in [5, 5.41) is 6.94. The highest BCUT2D eigenvalue weighted by molar-refractivity contribution is 6.31. The molecule has 12 heteroatoms. The van der Waals surface area contributed by atoms with E-state index in [2.05, 4.69) is 37.2 Å². The van der Waals surface area contributed by atoms with Crippen molar-refractivity contribution in [2.45, 2.75) is 32.6 Å². The van der Waals surface area contributed by atoms with Crippen LogP contribution in [-0.4, -0.2) is 36.9 Å². The van der Waals surface area contributed by atoms with E-state index in [0.29, 0.717) is 28.8 Å². The summed E-state index contributed by atoms with van der Waals surface area (Å²) in [6, 6.07) is 7.06. The number of hydrogen-bond acceptors (Lipinski definition) is 2. The Morgan fingerprint density at radius 3 is 1.97 bits per heavy atom. The Hall–Kier alpha value is -3.50. The molecule has 0 fully saturated rings. The first kappa shape index (κ1) is 29.5. The van der Waals surface area contributed by atoms with Gasteiger partial charge in [0.25, 0.3) is 0 Å². The number of benzene rings is 1. The van der Waals surface area contributed by atoms with Gasteiger partial charge in [0.05, 0.1) is 0 Å². The largest absolute Gasteiger partial charge is 0.369 e. The van der Waals surface area contributed by atoms with Gasteiger partial charge in [0, 0.05) is 34.5 Å². The molecule has 190 valence electrons. The molecule has 10 N–H and O–H groups in total. The Labute approximate surface area is 216 Å². The minimum Gasteiger partial charge on any atom is -0.369 e. The Bertz CT molecular complexity index is 992. The molecule has 10 nitrogen and oxygen atoms in total. The number of rotatable bonds is 11. The average Bonchev–Trinajstić information content (AvgIpc) is 2.80. The van der Waals surface area contributed by atoms with E-state index < -0.39 is 0 Å². The molecule has 0 aliphatic heterocycles. The summed E-state index contributed by atoms with van der Waals surface area (Å²) in [6.07, 6.45) is 8.75. The fraction of sp³-hybridized carbons (Fsp3) is 0.304. The number of anilines is 1. The zero-order valence-electron chi connectivity index (χ0n) is 19.8. The maximum atomic E-state index is 5.88. The number of nitrogens with one attached hydrogen (secondary N) is 2. The van der Waals surface area contributed by atoms with Crippen LogP contribution in [0.3, 0.4) is 0 Å². The van der Waals surface area contributed by atoms with Crippen molar-refractivity contribution >= 4 is 52.7 Å². The molecule has 1 aromatic carbocycles. The summed E-state index contributed by atoms with van der Waals surface area (Å²) in [7, 11) is 0. The van der Waals surface area contributed by atoms with Crippen molar-refractivity contribution in [3.8, 4) is 0 Å². The Morgan fingerprint density at radius 2 is 1.43 bits per heavy atom. The summed E-state index contributed by atoms with van der Waals surface area (Å²) in [5.74, 6) is 0.466. The second kappa shape index (κ2) is 17.0. The zero-order chi connectivity index (χ0) is 26.1. The monoisotopic (exact) mass is 520 g/mol. The summed E-state index contributed by atoms with van der Waals surface area (Å²) in [6.45, 7) is 6.73. The van der Waals surface area contributed by atoms with Crippen LogP contribution in [0.1, 0.15) is 32.6 Å². The third-order valence-corrected chi connectivity index (χ3v) is 4.80. The molecular formula is C23H34Cl2N10. The number of nitrogens with two attached hydrogens (primary N) is 4. The van der Waals surface area contributed by atoms with E-state index in [9.17, 15) is 0 Å². The molecule has 0 saturated carbocycles. The van der Waals surface area contributed by atoms with Crippen molar-refractivity contribution in [1.82, 2.24) is 5.32 Å². The molecule has 0 aliphatic rings. The Kier molecular flexibility index (Phi) is 14.4. The highest BCUT2D eigenvalue weighted by Gasteiger charge is 1.98. The summed E-state index contributed by atoms with van der Waals surface area (Å²) >= 11 is 11.7. The second-order valence-electron chi connectivity index (χ2n) is 7.18. The molecule has 0 spiro atoms. The molecule has 0 saturated heterocycles. The molecule has 0 amide bonds. The van der Waals surface area contributed by atoms with E-state index in [4.69, 9.17) is 46.1 Å². The average molecular weight is 522 g/mol. The van der Waals surface area contributed by atoms with Crippen molar-refractivity contribution < 1.29 is 0 Å². The van der Waals surface area contributed by atoms with Crippen LogP contribution >= 0.6 is 23.2 Å². The fourth-order valence-electron chi connectivity index (χ4n) is 2.50. The SMILES string of the molecule is C=C(/C=C\C(Cl)=C/C)NC(N)=NC(N)=NCCCCCCN=C(N)N=C(N)Nc1ccc(Cl)cc1. The van der Waals surface area contributed by atoms with E-state index in [-0.39, 0.29) is 23.8 Å². The van der Waals surface area contributed by atoms with Gasteiger partial charge in [-0.05, 0) is 56.2 Å². The van der Waals surface area contributed by atoms with Crippen LogP contribution in [0.25, 0.3) is 0 Å². The quantitative estimate of drug-likeness (QED) is 0.112. The van der Waals surface area contributed by atoms with Crippen LogP contribution in [0, 0.1) is 0 Å². The van der Waals surface area contributed by atoms with Gasteiger partial charge < -0.3 is 33.6 Å². The first-order valence-electron chi connectivity index (χ1n) is 11.0. The van der Waals surface area contributed by atoms with Gasteiger partial charge in [-0.3, -0.25) is 9.98 Å². The normalized spacial score (nSPS) is 13.9. The van der Waals surface area contributed by atoms with E-state index in [0.717, 1.165) is 31.4 Å². The number of nitrogens with zero attached hydrogens (tertiary/aromatic N) is 4. The number of hydrogen-bond donors (Lipinski definition) is 6. The predicted molar refractivity (Wildman–Crippen MR) is 151 cm³/mol. The molecule has 0 aromatic heterocycles. The van der Waals surface area contributed by atoms with Gasteiger partial charge in [0.1, 0.15) is 0 Å². The third-order valence-electron chi connectivity index (χ3n) is 4.21. The van der Waals surface area contributed by atoms with Gasteiger partial charge >= 0.3 is 0 Å². The maximum absolute atomic E-state index is 5.88. The maximum Gasteiger partial charge on any atom is 0.218 e. The third kappa shape index (κ3) is 15.1. The van der Waals surface area contributed by atoms with E-state index in [1.165, 1.54) is 0 Å². The van der Waals surface area contributed by atoms with Crippen LogP contribution in [-0.2, 0) is 0 Å². The van der Waals surface area contributed by atoms with E-state index >= 15 is 0 Å². The lowest BCUT2D eigenvalue weighted by atomic mass is 10.2. The van der Waals surface area contributed by atoms with Gasteiger partial charge in [-0.1, -0.05) is 48.7 Å². The Balaban J connectivity index is 2.26. The molecular weight excluding hydrogens is 487 g/mol. The molecule has 1 rings (SSSR count). The second-order valence-corrected chi connectivity index (χ2v) is 8.05. The first-order valence-corrected chi connectivity index (χ1v) is 11.7. The number of unbranched alkanes of at least 4 members (excludes halogenated alkanes) is 3. The fourth-order valence-corrected chi connectivity index (χ4v) is 2.69. The van der Waals surface area contributed by atoms with Crippen LogP contribution < -0.4 is 33.6 Å². The van der Waals surface area contributed by atoms with Gasteiger partial charge in [-0.15, -0.1) is 0 Å². The minimum absolute atomic E-state index is 0.0956. The van der Waals surface area contributed by atoms with Crippen LogP contribution in [0.5, 0.6) is 0 Å². The molecule has 0 heterocycles. The lowest BCUT2D eigenvalue weighted by Crippen LogP contribution is -2.32. The van der Waals surface area contributed by atoms with Crippen molar-refractivity contribution in [1.29, 1.82) is 0 Å². The van der Waals surface area contributed by atoms with Gasteiger partial charge in [0.15, 0.2) is 0 Å². The molecule has 0 unspecified atom stereocenters. The molecule has 0 bridgehead atoms. The zero-order valence-corrected chi connectivity index (χ0v) is 21.4. The van der Waals surface area contributed by atoms with Crippen LogP contribution in [0.2, 0.25) is 5.02 Å². The van der Waals surface area contributed by atoms with Crippen molar-refractivity contribution in [2.75, 3.05) is 18.4 Å². The first-order chi connectivity index (χ1) is 16.7. The number of allylic oxidation sites excluding steroid dienone is 4.